The van der Waals surface area contributed by atoms with Gasteiger partial charge in [0.2, 0.25) is 0 Å². The second kappa shape index (κ2) is 12.4. The van der Waals surface area contributed by atoms with Gasteiger partial charge in [-0.1, -0.05) is 75.4 Å². The number of esters is 1. The van der Waals surface area contributed by atoms with Crippen LogP contribution in [0.3, 0.4) is 0 Å². The molecule has 0 N–H and O–H groups in total. The van der Waals surface area contributed by atoms with Crippen LogP contribution in [0, 0.1) is 5.92 Å². The number of carbonyl (C=O) groups is 2. The molecule has 1 aromatic heterocycles. The van der Waals surface area contributed by atoms with Crippen molar-refractivity contribution >= 4 is 11.9 Å². The molecule has 0 bridgehead atoms. The third-order valence-corrected chi connectivity index (χ3v) is 7.06. The van der Waals surface area contributed by atoms with Crippen LogP contribution >= 0.6 is 0 Å². The Morgan fingerprint density at radius 2 is 1.63 bits per heavy atom. The average molecular weight is 517 g/mol. The summed E-state index contributed by atoms with van der Waals surface area (Å²) >= 11 is 0. The van der Waals surface area contributed by atoms with Gasteiger partial charge in [0.1, 0.15) is 5.76 Å². The molecule has 1 unspecified atom stereocenters. The zero-order valence-electron chi connectivity index (χ0n) is 23.1. The Balaban J connectivity index is 1.45. The molecule has 0 radical (unpaired) electrons. The maximum Gasteiger partial charge on any atom is 0.310 e. The van der Waals surface area contributed by atoms with Crippen LogP contribution in [0.1, 0.15) is 73.5 Å². The van der Waals surface area contributed by atoms with Crippen LogP contribution < -0.4 is 0 Å². The zero-order chi connectivity index (χ0) is 27.1. The standard InChI is InChI=1S/C32H40N2O4/c1-5-37-31(36)26-12-9-19-34(22-26)30(35)29-18-17-28(38-29)23-33(20-24-10-7-6-8-11-24)21-25-13-15-27(16-14-25)32(2,3)4/h6-8,10-11,13-18,26H,5,9,12,19-23H2,1-4H3. The minimum atomic E-state index is -0.270. The van der Waals surface area contributed by atoms with Crippen molar-refractivity contribution in [3.05, 3.63) is 94.9 Å². The monoisotopic (exact) mass is 516 g/mol. The molecule has 1 saturated heterocycles. The SMILES string of the molecule is CCOC(=O)C1CCCN(C(=O)c2ccc(CN(Cc3ccccc3)Cc3ccc(C(C)(C)C)cc3)o2)C1. The number of furan rings is 1. The summed E-state index contributed by atoms with van der Waals surface area (Å²) in [5, 5.41) is 0. The Morgan fingerprint density at radius 3 is 2.29 bits per heavy atom. The molecule has 202 valence electrons. The minimum absolute atomic E-state index is 0.115. The molecule has 4 rings (SSSR count). The number of ether oxygens (including phenoxy) is 1. The first-order chi connectivity index (χ1) is 18.2. The highest BCUT2D eigenvalue weighted by atomic mass is 16.5. The van der Waals surface area contributed by atoms with Crippen LogP contribution in [0.25, 0.3) is 0 Å². The predicted octanol–water partition coefficient (Wildman–Crippen LogP) is 6.19. The first kappa shape index (κ1) is 27.6. The number of benzene rings is 2. The van der Waals surface area contributed by atoms with E-state index in [9.17, 15) is 9.59 Å². The van der Waals surface area contributed by atoms with Gasteiger partial charge in [-0.25, -0.2) is 0 Å². The number of rotatable bonds is 9. The van der Waals surface area contributed by atoms with E-state index < -0.39 is 0 Å². The molecule has 2 heterocycles. The topological polar surface area (TPSA) is 63.0 Å². The highest BCUT2D eigenvalue weighted by Crippen LogP contribution is 2.24. The quantitative estimate of drug-likeness (QED) is 0.317. The summed E-state index contributed by atoms with van der Waals surface area (Å²) in [6.45, 7) is 11.9. The molecule has 1 amide bonds. The highest BCUT2D eigenvalue weighted by Gasteiger charge is 2.31. The van der Waals surface area contributed by atoms with Crippen molar-refractivity contribution < 1.29 is 18.7 Å². The van der Waals surface area contributed by atoms with Gasteiger partial charge in [-0.05, 0) is 54.0 Å². The molecule has 2 aromatic carbocycles. The van der Waals surface area contributed by atoms with Crippen molar-refractivity contribution in [1.82, 2.24) is 9.80 Å². The molecular weight excluding hydrogens is 476 g/mol. The minimum Gasteiger partial charge on any atom is -0.466 e. The van der Waals surface area contributed by atoms with Crippen molar-refractivity contribution in [3.8, 4) is 0 Å². The molecule has 0 aliphatic carbocycles. The van der Waals surface area contributed by atoms with Crippen LogP contribution in [0.15, 0.2) is 71.1 Å². The van der Waals surface area contributed by atoms with E-state index in [1.54, 1.807) is 17.9 Å². The van der Waals surface area contributed by atoms with Gasteiger partial charge in [0.25, 0.3) is 5.91 Å². The predicted molar refractivity (Wildman–Crippen MR) is 149 cm³/mol. The number of nitrogens with zero attached hydrogens (tertiary/aromatic N) is 2. The Bertz CT molecular complexity index is 1190. The third-order valence-electron chi connectivity index (χ3n) is 7.06. The maximum absolute atomic E-state index is 13.2. The molecule has 1 fully saturated rings. The third kappa shape index (κ3) is 7.35. The molecule has 1 aliphatic heterocycles. The number of hydrogen-bond acceptors (Lipinski definition) is 5. The number of likely N-dealkylation sites (tertiary alicyclic amines) is 1. The van der Waals surface area contributed by atoms with Crippen LogP contribution in [-0.4, -0.2) is 41.4 Å². The second-order valence-electron chi connectivity index (χ2n) is 11.2. The van der Waals surface area contributed by atoms with E-state index in [0.29, 0.717) is 32.0 Å². The van der Waals surface area contributed by atoms with Crippen molar-refractivity contribution in [2.24, 2.45) is 5.92 Å². The summed E-state index contributed by atoms with van der Waals surface area (Å²) in [7, 11) is 0. The molecule has 6 heteroatoms. The molecule has 0 saturated carbocycles. The normalized spacial score (nSPS) is 16.0. The fourth-order valence-corrected chi connectivity index (χ4v) is 4.95. The number of amides is 1. The smallest absolute Gasteiger partial charge is 0.310 e. The van der Waals surface area contributed by atoms with E-state index in [1.807, 2.05) is 12.1 Å². The number of piperidine rings is 1. The van der Waals surface area contributed by atoms with Gasteiger partial charge in [0.15, 0.2) is 5.76 Å². The van der Waals surface area contributed by atoms with Crippen LogP contribution in [-0.2, 0) is 34.6 Å². The number of hydrogen-bond donors (Lipinski definition) is 0. The fraction of sp³-hybridized carbons (Fsp3) is 0.438. The molecule has 38 heavy (non-hydrogen) atoms. The molecule has 1 aliphatic rings. The lowest BCUT2D eigenvalue weighted by molar-refractivity contribution is -0.149. The summed E-state index contributed by atoms with van der Waals surface area (Å²) in [6.07, 6.45) is 1.53. The lowest BCUT2D eigenvalue weighted by atomic mass is 9.87. The van der Waals surface area contributed by atoms with Crippen LogP contribution in [0.5, 0.6) is 0 Å². The van der Waals surface area contributed by atoms with Gasteiger partial charge in [0, 0.05) is 26.2 Å². The number of carbonyl (C=O) groups excluding carboxylic acids is 2. The first-order valence-electron chi connectivity index (χ1n) is 13.6. The Labute approximate surface area is 226 Å². The van der Waals surface area contributed by atoms with Gasteiger partial charge in [-0.2, -0.15) is 0 Å². The summed E-state index contributed by atoms with van der Waals surface area (Å²) < 4.78 is 11.2. The van der Waals surface area contributed by atoms with Gasteiger partial charge in [-0.3, -0.25) is 14.5 Å². The van der Waals surface area contributed by atoms with E-state index in [2.05, 4.69) is 74.2 Å². The van der Waals surface area contributed by atoms with Crippen molar-refractivity contribution in [3.63, 3.8) is 0 Å². The highest BCUT2D eigenvalue weighted by molar-refractivity contribution is 5.92. The van der Waals surface area contributed by atoms with Gasteiger partial charge < -0.3 is 14.1 Å². The first-order valence-corrected chi connectivity index (χ1v) is 13.6. The average Bonchev–Trinajstić information content (AvgIpc) is 3.37. The molecule has 6 nitrogen and oxygen atoms in total. The van der Waals surface area contributed by atoms with E-state index >= 15 is 0 Å². The van der Waals surface area contributed by atoms with E-state index in [1.165, 1.54) is 16.7 Å². The maximum atomic E-state index is 13.2. The Hall–Kier alpha value is -3.38. The molecule has 0 spiro atoms. The van der Waals surface area contributed by atoms with Crippen LogP contribution in [0.4, 0.5) is 0 Å². The summed E-state index contributed by atoms with van der Waals surface area (Å²) in [6, 6.07) is 22.9. The lowest BCUT2D eigenvalue weighted by Crippen LogP contribution is -2.42. The zero-order valence-corrected chi connectivity index (χ0v) is 23.1. The molecule has 1 atom stereocenters. The summed E-state index contributed by atoms with van der Waals surface area (Å²) in [5.74, 6) is 0.399. The lowest BCUT2D eigenvalue weighted by Gasteiger charge is -2.30. The van der Waals surface area contributed by atoms with E-state index in [0.717, 1.165) is 31.7 Å². The van der Waals surface area contributed by atoms with E-state index in [-0.39, 0.29) is 23.2 Å². The Kier molecular flexibility index (Phi) is 9.05. The molecular formula is C32H40N2O4. The summed E-state index contributed by atoms with van der Waals surface area (Å²) in [5.41, 5.74) is 3.88. The molecule has 3 aromatic rings. The van der Waals surface area contributed by atoms with Crippen molar-refractivity contribution in [1.29, 1.82) is 0 Å². The Morgan fingerprint density at radius 1 is 0.947 bits per heavy atom. The van der Waals surface area contributed by atoms with E-state index in [4.69, 9.17) is 9.15 Å². The second-order valence-corrected chi connectivity index (χ2v) is 11.2. The fourth-order valence-electron chi connectivity index (χ4n) is 4.95. The van der Waals surface area contributed by atoms with Crippen LogP contribution in [0.2, 0.25) is 0 Å². The van der Waals surface area contributed by atoms with Gasteiger partial charge in [0.05, 0.1) is 19.1 Å². The van der Waals surface area contributed by atoms with Gasteiger partial charge in [-0.15, -0.1) is 0 Å². The van der Waals surface area contributed by atoms with Gasteiger partial charge >= 0.3 is 5.97 Å². The van der Waals surface area contributed by atoms with Crippen molar-refractivity contribution in [2.75, 3.05) is 19.7 Å². The van der Waals surface area contributed by atoms with Crippen molar-refractivity contribution in [2.45, 2.75) is 65.6 Å². The summed E-state index contributed by atoms with van der Waals surface area (Å²) in [4.78, 5) is 29.4. The largest absolute Gasteiger partial charge is 0.466 e.